The zero-order valence-electron chi connectivity index (χ0n) is 23.4. The SMILES string of the molecule is CC(O)N(C)C.CCCCCCCCCCCCCCCCCC(=O)NCCCOS(=O)(=O)OC. The lowest BCUT2D eigenvalue weighted by atomic mass is 10.0. The van der Waals surface area contributed by atoms with E-state index in [1.165, 1.54) is 83.5 Å². The first kappa shape index (κ1) is 36.4. The smallest absolute Gasteiger partial charge is 0.379 e. The van der Waals surface area contributed by atoms with Gasteiger partial charge in [-0.1, -0.05) is 96.8 Å². The van der Waals surface area contributed by atoms with E-state index in [1.807, 2.05) is 14.1 Å². The number of unbranched alkanes of at least 4 members (excludes halogenated alkanes) is 14. The minimum atomic E-state index is -3.87. The molecule has 0 aliphatic heterocycles. The molecule has 0 heterocycles. The summed E-state index contributed by atoms with van der Waals surface area (Å²) in [5.41, 5.74) is 0. The number of carbonyl (C=O) groups is 1. The number of hydrogen-bond donors (Lipinski definition) is 2. The van der Waals surface area contributed by atoms with Crippen molar-refractivity contribution in [2.45, 2.75) is 129 Å². The lowest BCUT2D eigenvalue weighted by Gasteiger charge is -2.11. The molecule has 35 heavy (non-hydrogen) atoms. The molecule has 1 unspecified atom stereocenters. The van der Waals surface area contributed by atoms with Crippen molar-refractivity contribution in [2.24, 2.45) is 0 Å². The van der Waals surface area contributed by atoms with Gasteiger partial charge in [0.2, 0.25) is 5.91 Å². The summed E-state index contributed by atoms with van der Waals surface area (Å²) in [4.78, 5) is 13.4. The van der Waals surface area contributed by atoms with Gasteiger partial charge in [0.1, 0.15) is 6.23 Å². The van der Waals surface area contributed by atoms with Crippen LogP contribution in [0.5, 0.6) is 0 Å². The molecule has 1 amide bonds. The molecular weight excluding hydrogens is 468 g/mol. The second-order valence-electron chi connectivity index (χ2n) is 9.40. The van der Waals surface area contributed by atoms with Gasteiger partial charge in [-0.05, 0) is 33.9 Å². The number of nitrogens with one attached hydrogen (secondary N) is 1. The summed E-state index contributed by atoms with van der Waals surface area (Å²) >= 11 is 0. The Labute approximate surface area is 216 Å². The van der Waals surface area contributed by atoms with E-state index >= 15 is 0 Å². The van der Waals surface area contributed by atoms with Crippen LogP contribution in [0.4, 0.5) is 0 Å². The fraction of sp³-hybridized carbons (Fsp3) is 0.962. The quantitative estimate of drug-likeness (QED) is 0.133. The predicted molar refractivity (Wildman–Crippen MR) is 144 cm³/mol. The Hall–Kier alpha value is -0.740. The summed E-state index contributed by atoms with van der Waals surface area (Å²) in [6.45, 7) is 4.41. The Morgan fingerprint density at radius 1 is 0.829 bits per heavy atom. The van der Waals surface area contributed by atoms with Gasteiger partial charge >= 0.3 is 10.4 Å². The molecule has 0 aromatic carbocycles. The average molecular weight is 525 g/mol. The highest BCUT2D eigenvalue weighted by molar-refractivity contribution is 7.81. The first-order valence-electron chi connectivity index (χ1n) is 13.7. The molecule has 0 fully saturated rings. The second-order valence-corrected chi connectivity index (χ2v) is 10.8. The number of carbonyl (C=O) groups excluding carboxylic acids is 1. The fourth-order valence-corrected chi connectivity index (χ4v) is 3.67. The van der Waals surface area contributed by atoms with Crippen LogP contribution in [0.15, 0.2) is 0 Å². The third-order valence-electron chi connectivity index (χ3n) is 5.83. The van der Waals surface area contributed by atoms with Gasteiger partial charge in [-0.25, -0.2) is 4.18 Å². The molecule has 0 spiro atoms. The van der Waals surface area contributed by atoms with Crippen LogP contribution in [-0.4, -0.2) is 64.9 Å². The maximum atomic E-state index is 11.7. The third-order valence-corrected chi connectivity index (χ3v) is 6.69. The van der Waals surface area contributed by atoms with E-state index in [1.54, 1.807) is 11.8 Å². The van der Waals surface area contributed by atoms with Crippen molar-refractivity contribution in [3.63, 3.8) is 0 Å². The molecule has 2 N–H and O–H groups in total. The monoisotopic (exact) mass is 524 g/mol. The molecule has 0 radical (unpaired) electrons. The first-order chi connectivity index (χ1) is 16.7. The van der Waals surface area contributed by atoms with Crippen LogP contribution in [0, 0.1) is 0 Å². The summed E-state index contributed by atoms with van der Waals surface area (Å²) < 4.78 is 30.6. The average Bonchev–Trinajstić information content (AvgIpc) is 2.81. The summed E-state index contributed by atoms with van der Waals surface area (Å²) in [5.74, 6) is 0.0225. The van der Waals surface area contributed by atoms with Gasteiger partial charge in [-0.15, -0.1) is 0 Å². The van der Waals surface area contributed by atoms with Crippen LogP contribution in [0.25, 0.3) is 0 Å². The lowest BCUT2D eigenvalue weighted by Crippen LogP contribution is -2.25. The Morgan fingerprint density at radius 3 is 1.60 bits per heavy atom. The van der Waals surface area contributed by atoms with E-state index in [0.717, 1.165) is 20.0 Å². The maximum Gasteiger partial charge on any atom is 0.399 e. The zero-order valence-corrected chi connectivity index (χ0v) is 24.2. The summed E-state index contributed by atoms with van der Waals surface area (Å²) in [6.07, 6.45) is 20.3. The summed E-state index contributed by atoms with van der Waals surface area (Å²) in [7, 11) is 0.827. The molecule has 0 bridgehead atoms. The normalized spacial score (nSPS) is 12.3. The largest absolute Gasteiger partial charge is 0.399 e. The number of rotatable bonds is 23. The molecule has 1 atom stereocenters. The molecule has 0 aromatic heterocycles. The number of aliphatic hydroxyl groups is 1. The van der Waals surface area contributed by atoms with Gasteiger partial charge in [0.25, 0.3) is 0 Å². The molecule has 8 nitrogen and oxygen atoms in total. The van der Waals surface area contributed by atoms with Gasteiger partial charge in [0.15, 0.2) is 0 Å². The number of aliphatic hydroxyl groups excluding tert-OH is 1. The first-order valence-corrected chi connectivity index (χ1v) is 15.1. The van der Waals surface area contributed by atoms with E-state index in [9.17, 15) is 13.2 Å². The molecule has 0 saturated heterocycles. The standard InChI is InChI=1S/C22H45NO5S.C4H11NO/c1-3-4-5-6-7-8-9-10-11-12-13-14-15-16-17-19-22(24)23-20-18-21-28-29(25,26)27-2;1-4(6)5(2)3/h3-21H2,1-2H3,(H,23,24);4,6H,1-3H3. The molecule has 212 valence electrons. The Balaban J connectivity index is 0. The second kappa shape index (κ2) is 26.3. The topological polar surface area (TPSA) is 105 Å². The van der Waals surface area contributed by atoms with Gasteiger partial charge in [-0.2, -0.15) is 8.42 Å². The van der Waals surface area contributed by atoms with Crippen molar-refractivity contribution in [3.8, 4) is 0 Å². The van der Waals surface area contributed by atoms with Crippen LogP contribution >= 0.6 is 0 Å². The minimum Gasteiger partial charge on any atom is -0.379 e. The maximum absolute atomic E-state index is 11.7. The van der Waals surface area contributed by atoms with Crippen LogP contribution in [0.3, 0.4) is 0 Å². The van der Waals surface area contributed by atoms with E-state index in [2.05, 4.69) is 20.6 Å². The van der Waals surface area contributed by atoms with Crippen molar-refractivity contribution < 1.29 is 26.7 Å². The fourth-order valence-electron chi connectivity index (χ4n) is 3.25. The summed E-state index contributed by atoms with van der Waals surface area (Å²) in [5, 5.41) is 11.3. The lowest BCUT2D eigenvalue weighted by molar-refractivity contribution is -0.121. The zero-order chi connectivity index (χ0) is 26.8. The van der Waals surface area contributed by atoms with Crippen molar-refractivity contribution in [3.05, 3.63) is 0 Å². The van der Waals surface area contributed by atoms with Gasteiger partial charge in [0.05, 0.1) is 13.7 Å². The highest BCUT2D eigenvalue weighted by atomic mass is 32.3. The Kier molecular flexibility index (Phi) is 27.4. The van der Waals surface area contributed by atoms with E-state index in [0.29, 0.717) is 19.4 Å². The molecular formula is C26H56N2O6S. The predicted octanol–water partition coefficient (Wildman–Crippen LogP) is 5.55. The number of amides is 1. The third kappa shape index (κ3) is 31.2. The van der Waals surface area contributed by atoms with E-state index < -0.39 is 10.4 Å². The van der Waals surface area contributed by atoms with Gasteiger partial charge in [0, 0.05) is 13.0 Å². The van der Waals surface area contributed by atoms with Crippen molar-refractivity contribution in [2.75, 3.05) is 34.4 Å². The Morgan fingerprint density at radius 2 is 1.23 bits per heavy atom. The molecule has 0 rings (SSSR count). The number of nitrogens with zero attached hydrogens (tertiary/aromatic N) is 1. The number of hydrogen-bond acceptors (Lipinski definition) is 7. The van der Waals surface area contributed by atoms with Crippen molar-refractivity contribution >= 4 is 16.3 Å². The Bertz CT molecular complexity index is 550. The molecule has 0 saturated carbocycles. The van der Waals surface area contributed by atoms with Crippen LogP contribution in [-0.2, 0) is 23.6 Å². The summed E-state index contributed by atoms with van der Waals surface area (Å²) in [6, 6.07) is 0. The van der Waals surface area contributed by atoms with E-state index in [-0.39, 0.29) is 18.7 Å². The van der Waals surface area contributed by atoms with Crippen LogP contribution in [0.2, 0.25) is 0 Å². The minimum absolute atomic E-state index is 0.00934. The van der Waals surface area contributed by atoms with Crippen LogP contribution in [0.1, 0.15) is 123 Å². The highest BCUT2D eigenvalue weighted by Crippen LogP contribution is 2.13. The highest BCUT2D eigenvalue weighted by Gasteiger charge is 2.08. The van der Waals surface area contributed by atoms with Gasteiger partial charge < -0.3 is 10.4 Å². The van der Waals surface area contributed by atoms with Crippen molar-refractivity contribution in [1.29, 1.82) is 0 Å². The molecule has 0 aliphatic rings. The molecule has 9 heteroatoms. The molecule has 0 aliphatic carbocycles. The van der Waals surface area contributed by atoms with Gasteiger partial charge in [-0.3, -0.25) is 13.9 Å². The molecule has 0 aromatic rings. The van der Waals surface area contributed by atoms with Crippen LogP contribution < -0.4 is 5.32 Å². The van der Waals surface area contributed by atoms with Crippen molar-refractivity contribution in [1.82, 2.24) is 10.2 Å². The van der Waals surface area contributed by atoms with E-state index in [4.69, 9.17) is 5.11 Å².